The number of carbonyl (C=O) groups excluding carboxylic acids is 1. The Morgan fingerprint density at radius 2 is 2.14 bits per heavy atom. The Morgan fingerprint density at radius 3 is 2.81 bits per heavy atom. The number of hydrogen-bond donors (Lipinski definition) is 2. The van der Waals surface area contributed by atoms with E-state index in [9.17, 15) is 4.79 Å². The van der Waals surface area contributed by atoms with Crippen LogP contribution in [0.25, 0.3) is 0 Å². The van der Waals surface area contributed by atoms with Crippen molar-refractivity contribution in [2.75, 3.05) is 40.3 Å². The summed E-state index contributed by atoms with van der Waals surface area (Å²) >= 11 is 0. The first-order chi connectivity index (χ1) is 9.99. The summed E-state index contributed by atoms with van der Waals surface area (Å²) in [5.74, 6) is 0.212. The molecule has 0 bridgehead atoms. The number of nitrogens with zero attached hydrogens (tertiary/aromatic N) is 2. The summed E-state index contributed by atoms with van der Waals surface area (Å²) in [6.45, 7) is 6.89. The van der Waals surface area contributed by atoms with Gasteiger partial charge in [0.05, 0.1) is 0 Å². The number of rotatable bonds is 5. The van der Waals surface area contributed by atoms with Crippen LogP contribution in [-0.4, -0.2) is 67.6 Å². The summed E-state index contributed by atoms with van der Waals surface area (Å²) in [6.07, 6.45) is 5.41. The average molecular weight is 296 g/mol. The van der Waals surface area contributed by atoms with E-state index < -0.39 is 5.54 Å². The summed E-state index contributed by atoms with van der Waals surface area (Å²) in [5, 5.41) is 3.24. The molecule has 0 aromatic rings. The summed E-state index contributed by atoms with van der Waals surface area (Å²) in [6, 6.07) is 0.594. The van der Waals surface area contributed by atoms with E-state index in [0.717, 1.165) is 38.8 Å². The van der Waals surface area contributed by atoms with Gasteiger partial charge in [-0.1, -0.05) is 6.42 Å². The van der Waals surface area contributed by atoms with Gasteiger partial charge in [-0.05, 0) is 72.3 Å². The van der Waals surface area contributed by atoms with Gasteiger partial charge in [-0.15, -0.1) is 0 Å². The molecule has 2 rings (SSSR count). The summed E-state index contributed by atoms with van der Waals surface area (Å²) in [4.78, 5) is 16.9. The molecule has 1 amide bonds. The second-order valence-electron chi connectivity index (χ2n) is 6.96. The van der Waals surface area contributed by atoms with Gasteiger partial charge in [0, 0.05) is 12.6 Å². The number of hydrogen-bond acceptors (Lipinski definition) is 4. The number of primary amides is 1. The van der Waals surface area contributed by atoms with Crippen molar-refractivity contribution in [3.05, 3.63) is 0 Å². The molecule has 5 heteroatoms. The van der Waals surface area contributed by atoms with Crippen molar-refractivity contribution in [3.63, 3.8) is 0 Å². The molecular weight excluding hydrogens is 264 g/mol. The SMILES string of the molecule is CNC1(C(N)=O)CCCC1CCN1CCCN(C)CC1C. The molecule has 21 heavy (non-hydrogen) atoms. The molecule has 3 atom stereocenters. The van der Waals surface area contributed by atoms with Gasteiger partial charge in [0.25, 0.3) is 0 Å². The minimum Gasteiger partial charge on any atom is -0.368 e. The zero-order valence-corrected chi connectivity index (χ0v) is 13.9. The molecule has 0 aromatic carbocycles. The Labute approximate surface area is 129 Å². The predicted octanol–water partition coefficient (Wildman–Crippen LogP) is 0.646. The molecule has 2 fully saturated rings. The molecular formula is C16H32N4O. The Bertz CT molecular complexity index is 362. The fraction of sp³-hybridized carbons (Fsp3) is 0.938. The van der Waals surface area contributed by atoms with Crippen LogP contribution in [0.3, 0.4) is 0 Å². The summed E-state index contributed by atoms with van der Waals surface area (Å²) in [5.41, 5.74) is 5.22. The first kappa shape index (κ1) is 16.7. The Hall–Kier alpha value is -0.650. The van der Waals surface area contributed by atoms with Gasteiger partial charge in [-0.2, -0.15) is 0 Å². The van der Waals surface area contributed by atoms with Crippen molar-refractivity contribution in [3.8, 4) is 0 Å². The molecule has 2 aliphatic rings. The van der Waals surface area contributed by atoms with Crippen molar-refractivity contribution in [1.82, 2.24) is 15.1 Å². The molecule has 0 radical (unpaired) electrons. The topological polar surface area (TPSA) is 61.6 Å². The lowest BCUT2D eigenvalue weighted by Gasteiger charge is -2.35. The molecule has 1 saturated carbocycles. The van der Waals surface area contributed by atoms with Crippen molar-refractivity contribution >= 4 is 5.91 Å². The van der Waals surface area contributed by atoms with Crippen LogP contribution >= 0.6 is 0 Å². The van der Waals surface area contributed by atoms with Gasteiger partial charge >= 0.3 is 0 Å². The van der Waals surface area contributed by atoms with E-state index in [1.165, 1.54) is 19.5 Å². The Balaban J connectivity index is 1.93. The van der Waals surface area contributed by atoms with Gasteiger partial charge in [0.2, 0.25) is 5.91 Å². The predicted molar refractivity (Wildman–Crippen MR) is 86.1 cm³/mol. The molecule has 1 aliphatic heterocycles. The lowest BCUT2D eigenvalue weighted by atomic mass is 9.84. The van der Waals surface area contributed by atoms with E-state index in [0.29, 0.717) is 12.0 Å². The minimum absolute atomic E-state index is 0.170. The Kier molecular flexibility index (Phi) is 5.63. The third-order valence-electron chi connectivity index (χ3n) is 5.66. The summed E-state index contributed by atoms with van der Waals surface area (Å²) in [7, 11) is 4.09. The molecule has 5 nitrogen and oxygen atoms in total. The van der Waals surface area contributed by atoms with Gasteiger partial charge in [0.1, 0.15) is 5.54 Å². The molecule has 1 aliphatic carbocycles. The van der Waals surface area contributed by atoms with E-state index >= 15 is 0 Å². The third-order valence-corrected chi connectivity index (χ3v) is 5.66. The molecule has 1 saturated heterocycles. The van der Waals surface area contributed by atoms with E-state index in [1.807, 2.05) is 7.05 Å². The van der Waals surface area contributed by atoms with Crippen LogP contribution < -0.4 is 11.1 Å². The number of carbonyl (C=O) groups is 1. The summed E-state index contributed by atoms with van der Waals surface area (Å²) < 4.78 is 0. The highest BCUT2D eigenvalue weighted by atomic mass is 16.1. The van der Waals surface area contributed by atoms with Gasteiger partial charge in [-0.25, -0.2) is 0 Å². The standard InChI is InChI=1S/C16H32N4O/c1-13-12-19(3)9-5-10-20(13)11-7-14-6-4-8-16(14,18-2)15(17)21/h13-14,18H,4-12H2,1-3H3,(H2,17,21). The second kappa shape index (κ2) is 7.07. The molecule has 1 heterocycles. The second-order valence-corrected chi connectivity index (χ2v) is 6.96. The van der Waals surface area contributed by atoms with Crippen molar-refractivity contribution < 1.29 is 4.79 Å². The Morgan fingerprint density at radius 1 is 1.38 bits per heavy atom. The average Bonchev–Trinajstić information content (AvgIpc) is 2.79. The number of nitrogens with two attached hydrogens (primary N) is 1. The van der Waals surface area contributed by atoms with Crippen LogP contribution in [0, 0.1) is 5.92 Å². The van der Waals surface area contributed by atoms with Crippen molar-refractivity contribution in [2.45, 2.75) is 50.6 Å². The third kappa shape index (κ3) is 3.58. The van der Waals surface area contributed by atoms with Crippen LogP contribution in [0.4, 0.5) is 0 Å². The molecule has 122 valence electrons. The van der Waals surface area contributed by atoms with Crippen LogP contribution in [0.5, 0.6) is 0 Å². The maximum Gasteiger partial charge on any atom is 0.238 e. The van der Waals surface area contributed by atoms with E-state index in [4.69, 9.17) is 5.73 Å². The van der Waals surface area contributed by atoms with Crippen LogP contribution in [0.2, 0.25) is 0 Å². The fourth-order valence-corrected chi connectivity index (χ4v) is 4.32. The molecule has 3 N–H and O–H groups in total. The minimum atomic E-state index is -0.466. The lowest BCUT2D eigenvalue weighted by molar-refractivity contribution is -0.125. The van der Waals surface area contributed by atoms with Crippen LogP contribution in [0.1, 0.15) is 39.0 Å². The van der Waals surface area contributed by atoms with Gasteiger partial charge in [-0.3, -0.25) is 9.69 Å². The first-order valence-corrected chi connectivity index (χ1v) is 8.41. The zero-order chi connectivity index (χ0) is 15.5. The van der Waals surface area contributed by atoms with Crippen LogP contribution in [-0.2, 0) is 4.79 Å². The van der Waals surface area contributed by atoms with E-state index in [-0.39, 0.29) is 5.91 Å². The smallest absolute Gasteiger partial charge is 0.238 e. The zero-order valence-electron chi connectivity index (χ0n) is 13.9. The molecule has 3 unspecified atom stereocenters. The highest BCUT2D eigenvalue weighted by Crippen LogP contribution is 2.37. The largest absolute Gasteiger partial charge is 0.368 e. The first-order valence-electron chi connectivity index (χ1n) is 8.41. The lowest BCUT2D eigenvalue weighted by Crippen LogP contribution is -2.57. The fourth-order valence-electron chi connectivity index (χ4n) is 4.32. The molecule has 0 aromatic heterocycles. The van der Waals surface area contributed by atoms with Crippen molar-refractivity contribution in [1.29, 1.82) is 0 Å². The van der Waals surface area contributed by atoms with Crippen LogP contribution in [0.15, 0.2) is 0 Å². The number of likely N-dealkylation sites (N-methyl/N-ethyl adjacent to an activating group) is 2. The van der Waals surface area contributed by atoms with E-state index in [2.05, 4.69) is 29.1 Å². The quantitative estimate of drug-likeness (QED) is 0.782. The molecule has 0 spiro atoms. The monoisotopic (exact) mass is 296 g/mol. The number of amides is 1. The number of nitrogens with one attached hydrogen (secondary N) is 1. The van der Waals surface area contributed by atoms with Gasteiger partial charge < -0.3 is 16.0 Å². The highest BCUT2D eigenvalue weighted by Gasteiger charge is 2.46. The van der Waals surface area contributed by atoms with Crippen molar-refractivity contribution in [2.24, 2.45) is 11.7 Å². The maximum atomic E-state index is 11.9. The van der Waals surface area contributed by atoms with Gasteiger partial charge in [0.15, 0.2) is 0 Å². The van der Waals surface area contributed by atoms with E-state index in [1.54, 1.807) is 0 Å². The normalized spacial score (nSPS) is 35.8. The highest BCUT2D eigenvalue weighted by molar-refractivity contribution is 5.85. The maximum absolute atomic E-state index is 11.9.